The Balaban J connectivity index is 1.92. The quantitative estimate of drug-likeness (QED) is 0.721. The highest BCUT2D eigenvalue weighted by atomic mass is 16.6. The Bertz CT molecular complexity index is 358. The number of fused-ring (bicyclic) bond motifs is 2. The molecule has 6 nitrogen and oxygen atoms in total. The molecular weight excluding hydrogens is 246 g/mol. The molecule has 2 bridgehead atoms. The monoisotopic (exact) mass is 267 g/mol. The first-order valence-electron chi connectivity index (χ1n) is 6.71. The van der Waals surface area contributed by atoms with Crippen LogP contribution in [0, 0.1) is 0 Å². The molecule has 0 saturated carbocycles. The van der Waals surface area contributed by atoms with Crippen LogP contribution in [0.1, 0.15) is 25.7 Å². The van der Waals surface area contributed by atoms with Gasteiger partial charge in [0, 0.05) is 18.1 Å². The molecule has 0 aromatic carbocycles. The lowest BCUT2D eigenvalue weighted by atomic mass is 9.98. The van der Waals surface area contributed by atoms with Crippen LogP contribution in [-0.2, 0) is 9.53 Å². The number of carbonyl (C=O) groups is 2. The van der Waals surface area contributed by atoms with Crippen molar-refractivity contribution in [3.8, 4) is 0 Å². The Labute approximate surface area is 113 Å². The summed E-state index contributed by atoms with van der Waals surface area (Å²) in [6.07, 6.45) is 4.81. The van der Waals surface area contributed by atoms with Gasteiger partial charge in [-0.1, -0.05) is 12.7 Å². The fraction of sp³-hybridized carbons (Fsp3) is 0.692. The Hall–Kier alpha value is -1.56. The van der Waals surface area contributed by atoms with Crippen molar-refractivity contribution < 1.29 is 14.3 Å². The number of carbonyl (C=O) groups excluding carboxylic acids is 2. The minimum atomic E-state index is -0.268. The van der Waals surface area contributed by atoms with Crippen LogP contribution in [0.5, 0.6) is 0 Å². The van der Waals surface area contributed by atoms with Crippen LogP contribution in [0.2, 0.25) is 0 Å². The Morgan fingerprint density at radius 2 is 2.00 bits per heavy atom. The molecule has 2 fully saturated rings. The first-order valence-corrected chi connectivity index (χ1v) is 6.71. The predicted molar refractivity (Wildman–Crippen MR) is 70.4 cm³/mol. The van der Waals surface area contributed by atoms with Gasteiger partial charge >= 0.3 is 6.09 Å². The van der Waals surface area contributed by atoms with Crippen LogP contribution in [0.3, 0.4) is 0 Å². The van der Waals surface area contributed by atoms with Crippen molar-refractivity contribution in [3.05, 3.63) is 12.7 Å². The van der Waals surface area contributed by atoms with Gasteiger partial charge in [0.25, 0.3) is 0 Å². The number of hydrogen-bond donors (Lipinski definition) is 2. The Morgan fingerprint density at radius 1 is 1.37 bits per heavy atom. The summed E-state index contributed by atoms with van der Waals surface area (Å²) in [5.41, 5.74) is 5.30. The van der Waals surface area contributed by atoms with Crippen LogP contribution < -0.4 is 11.1 Å². The molecule has 2 heterocycles. The van der Waals surface area contributed by atoms with Gasteiger partial charge in [0.1, 0.15) is 6.61 Å². The highest BCUT2D eigenvalue weighted by molar-refractivity contribution is 5.78. The molecule has 2 aliphatic heterocycles. The second-order valence-corrected chi connectivity index (χ2v) is 5.10. The molecular formula is C13H21N3O3. The number of ether oxygens (including phenoxy) is 1. The molecule has 0 radical (unpaired) electrons. The molecule has 2 rings (SSSR count). The van der Waals surface area contributed by atoms with Crippen LogP contribution in [0.25, 0.3) is 0 Å². The zero-order valence-electron chi connectivity index (χ0n) is 11.0. The van der Waals surface area contributed by atoms with Crippen molar-refractivity contribution in [1.29, 1.82) is 0 Å². The number of hydrogen-bond acceptors (Lipinski definition) is 4. The fourth-order valence-electron chi connectivity index (χ4n) is 3.08. The normalized spacial score (nSPS) is 28.9. The van der Waals surface area contributed by atoms with Crippen molar-refractivity contribution in [2.75, 3.05) is 13.2 Å². The minimum absolute atomic E-state index is 0.0108. The van der Waals surface area contributed by atoms with E-state index in [1.54, 1.807) is 6.08 Å². The largest absolute Gasteiger partial charge is 0.445 e. The van der Waals surface area contributed by atoms with Gasteiger partial charge in [-0.25, -0.2) is 4.79 Å². The lowest BCUT2D eigenvalue weighted by Gasteiger charge is -2.38. The lowest BCUT2D eigenvalue weighted by molar-refractivity contribution is -0.120. The minimum Gasteiger partial charge on any atom is -0.445 e. The summed E-state index contributed by atoms with van der Waals surface area (Å²) in [6.45, 7) is 3.78. The van der Waals surface area contributed by atoms with Gasteiger partial charge in [-0.3, -0.25) is 4.79 Å². The van der Waals surface area contributed by atoms with E-state index in [0.717, 1.165) is 25.7 Å². The van der Waals surface area contributed by atoms with Gasteiger partial charge in [0.2, 0.25) is 5.91 Å². The lowest BCUT2D eigenvalue weighted by Crippen LogP contribution is -2.53. The average Bonchev–Trinajstić information content (AvgIpc) is 2.67. The predicted octanol–water partition coefficient (Wildman–Crippen LogP) is 0.379. The highest BCUT2D eigenvalue weighted by Crippen LogP contribution is 2.36. The van der Waals surface area contributed by atoms with Crippen molar-refractivity contribution in [3.63, 3.8) is 0 Å². The molecule has 0 aromatic rings. The number of piperidine rings is 1. The molecule has 0 spiro atoms. The van der Waals surface area contributed by atoms with Crippen LogP contribution >= 0.6 is 0 Å². The van der Waals surface area contributed by atoms with E-state index >= 15 is 0 Å². The zero-order valence-corrected chi connectivity index (χ0v) is 11.0. The van der Waals surface area contributed by atoms with Crippen molar-refractivity contribution >= 4 is 12.0 Å². The molecule has 2 amide bonds. The zero-order chi connectivity index (χ0) is 13.8. The van der Waals surface area contributed by atoms with Gasteiger partial charge in [0.05, 0.1) is 6.54 Å². The second kappa shape index (κ2) is 6.06. The van der Waals surface area contributed by atoms with Gasteiger partial charge < -0.3 is 20.7 Å². The third kappa shape index (κ3) is 3.07. The van der Waals surface area contributed by atoms with Gasteiger partial charge in [-0.2, -0.15) is 0 Å². The number of amides is 2. The Kier molecular flexibility index (Phi) is 4.42. The summed E-state index contributed by atoms with van der Waals surface area (Å²) in [7, 11) is 0. The molecule has 0 aliphatic carbocycles. The third-order valence-electron chi connectivity index (χ3n) is 3.82. The fourth-order valence-corrected chi connectivity index (χ4v) is 3.08. The van der Waals surface area contributed by atoms with Gasteiger partial charge in [0.15, 0.2) is 0 Å². The molecule has 106 valence electrons. The molecule has 19 heavy (non-hydrogen) atoms. The van der Waals surface area contributed by atoms with E-state index in [9.17, 15) is 9.59 Å². The molecule has 3 N–H and O–H groups in total. The number of nitrogens with zero attached hydrogens (tertiary/aromatic N) is 1. The standard InChI is InChI=1S/C13H21N3O3/c1-2-5-19-13(18)16-10-3-4-11(16)7-9(6-10)15-12(17)8-14/h2,9-11H,1,3-8,14H2,(H,15,17)/t9-,10-,11+. The van der Waals surface area contributed by atoms with E-state index in [0.29, 0.717) is 0 Å². The van der Waals surface area contributed by atoms with Crippen LogP contribution in [-0.4, -0.2) is 48.2 Å². The smallest absolute Gasteiger partial charge is 0.410 e. The molecule has 2 saturated heterocycles. The summed E-state index contributed by atoms with van der Waals surface area (Å²) in [6, 6.07) is 0.454. The van der Waals surface area contributed by atoms with E-state index in [4.69, 9.17) is 10.5 Å². The van der Waals surface area contributed by atoms with Crippen LogP contribution in [0.4, 0.5) is 4.79 Å². The maximum absolute atomic E-state index is 12.0. The van der Waals surface area contributed by atoms with E-state index < -0.39 is 0 Å². The van der Waals surface area contributed by atoms with Crippen LogP contribution in [0.15, 0.2) is 12.7 Å². The van der Waals surface area contributed by atoms with E-state index in [1.807, 2.05) is 4.90 Å². The average molecular weight is 267 g/mol. The third-order valence-corrected chi connectivity index (χ3v) is 3.82. The number of rotatable bonds is 4. The van der Waals surface area contributed by atoms with Gasteiger partial charge in [-0.05, 0) is 25.7 Å². The summed E-state index contributed by atoms with van der Waals surface area (Å²) >= 11 is 0. The summed E-state index contributed by atoms with van der Waals surface area (Å²) < 4.78 is 5.11. The number of nitrogens with one attached hydrogen (secondary N) is 1. The molecule has 3 atom stereocenters. The summed E-state index contributed by atoms with van der Waals surface area (Å²) in [5, 5.41) is 2.91. The highest BCUT2D eigenvalue weighted by Gasteiger charge is 2.44. The topological polar surface area (TPSA) is 84.7 Å². The van der Waals surface area contributed by atoms with Crippen molar-refractivity contribution in [1.82, 2.24) is 10.2 Å². The maximum Gasteiger partial charge on any atom is 0.410 e. The van der Waals surface area contributed by atoms with Gasteiger partial charge in [-0.15, -0.1) is 0 Å². The van der Waals surface area contributed by atoms with E-state index in [-0.39, 0.29) is 43.3 Å². The molecule has 0 unspecified atom stereocenters. The summed E-state index contributed by atoms with van der Waals surface area (Å²) in [4.78, 5) is 25.1. The van der Waals surface area contributed by atoms with E-state index in [1.165, 1.54) is 0 Å². The number of nitrogens with two attached hydrogens (primary N) is 1. The molecule has 0 aromatic heterocycles. The van der Waals surface area contributed by atoms with E-state index in [2.05, 4.69) is 11.9 Å². The van der Waals surface area contributed by atoms with Crippen molar-refractivity contribution in [2.24, 2.45) is 5.73 Å². The first kappa shape index (κ1) is 13.9. The molecule has 2 aliphatic rings. The first-order chi connectivity index (χ1) is 9.15. The second-order valence-electron chi connectivity index (χ2n) is 5.10. The maximum atomic E-state index is 12.0. The molecule has 6 heteroatoms. The SMILES string of the molecule is C=CCOC(=O)N1[C@@H]2CC[C@H]1C[C@H](NC(=O)CN)C2. The Morgan fingerprint density at radius 3 is 2.53 bits per heavy atom. The van der Waals surface area contributed by atoms with Crippen molar-refractivity contribution in [2.45, 2.75) is 43.8 Å². The summed E-state index contributed by atoms with van der Waals surface area (Å²) in [5.74, 6) is -0.132.